The van der Waals surface area contributed by atoms with Crippen molar-refractivity contribution in [2.24, 2.45) is 0 Å². The molecule has 0 saturated carbocycles. The minimum absolute atomic E-state index is 0.154. The van der Waals surface area contributed by atoms with Gasteiger partial charge < -0.3 is 5.32 Å². The molecule has 136 valence electrons. The summed E-state index contributed by atoms with van der Waals surface area (Å²) in [6, 6.07) is 13.1. The van der Waals surface area contributed by atoms with Crippen molar-refractivity contribution < 1.29 is 4.79 Å². The van der Waals surface area contributed by atoms with E-state index in [1.54, 1.807) is 12.4 Å². The molecule has 1 aromatic heterocycles. The van der Waals surface area contributed by atoms with E-state index in [0.717, 1.165) is 53.9 Å². The number of nitrogens with zero attached hydrogens (tertiary/aromatic N) is 2. The highest BCUT2D eigenvalue weighted by molar-refractivity contribution is 6.30. The fourth-order valence-corrected chi connectivity index (χ4v) is 3.82. The first-order valence-electron chi connectivity index (χ1n) is 9.13. The number of hydrogen-bond donors (Lipinski definition) is 1. The normalized spacial score (nSPS) is 13.1. The third kappa shape index (κ3) is 3.58. The van der Waals surface area contributed by atoms with Crippen molar-refractivity contribution in [2.75, 3.05) is 5.32 Å². The minimum Gasteiger partial charge on any atom is -0.322 e. The second-order valence-corrected chi connectivity index (χ2v) is 7.25. The summed E-state index contributed by atoms with van der Waals surface area (Å²) in [7, 11) is 0. The largest absolute Gasteiger partial charge is 0.322 e. The van der Waals surface area contributed by atoms with Gasteiger partial charge in [-0.25, -0.2) is 9.97 Å². The Morgan fingerprint density at radius 2 is 1.89 bits per heavy atom. The van der Waals surface area contributed by atoms with Gasteiger partial charge in [0.15, 0.2) is 0 Å². The van der Waals surface area contributed by atoms with Gasteiger partial charge in [0, 0.05) is 33.1 Å². The molecule has 1 amide bonds. The van der Waals surface area contributed by atoms with Crippen molar-refractivity contribution in [3.8, 4) is 11.3 Å². The van der Waals surface area contributed by atoms with E-state index in [2.05, 4.69) is 15.3 Å². The Bertz CT molecular complexity index is 1020. The fraction of sp³-hybridized carbons (Fsp3) is 0.227. The van der Waals surface area contributed by atoms with Crippen molar-refractivity contribution in [2.45, 2.75) is 32.6 Å². The number of amides is 1. The molecule has 1 aliphatic rings. The second kappa shape index (κ2) is 7.49. The van der Waals surface area contributed by atoms with Gasteiger partial charge >= 0.3 is 0 Å². The summed E-state index contributed by atoms with van der Waals surface area (Å²) in [5.41, 5.74) is 6.29. The molecule has 1 N–H and O–H groups in total. The van der Waals surface area contributed by atoms with Crippen LogP contribution in [0.15, 0.2) is 48.8 Å². The average Bonchev–Trinajstić information content (AvgIpc) is 2.69. The van der Waals surface area contributed by atoms with Gasteiger partial charge in [0.05, 0.1) is 5.69 Å². The predicted octanol–water partition coefficient (Wildman–Crippen LogP) is 5.24. The number of halogens is 1. The lowest BCUT2D eigenvalue weighted by molar-refractivity contribution is 0.102. The number of rotatable bonds is 3. The van der Waals surface area contributed by atoms with E-state index < -0.39 is 0 Å². The van der Waals surface area contributed by atoms with Crippen LogP contribution in [0, 0.1) is 6.92 Å². The van der Waals surface area contributed by atoms with Crippen LogP contribution in [0.25, 0.3) is 11.3 Å². The van der Waals surface area contributed by atoms with Crippen LogP contribution in [0.2, 0.25) is 5.02 Å². The predicted molar refractivity (Wildman–Crippen MR) is 108 cm³/mol. The molecule has 27 heavy (non-hydrogen) atoms. The quantitative estimate of drug-likeness (QED) is 0.679. The number of fused-ring (bicyclic) bond motifs is 1. The number of aryl methyl sites for hydroxylation is 2. The highest BCUT2D eigenvalue weighted by Gasteiger charge is 2.20. The number of aromatic nitrogens is 2. The molecule has 0 atom stereocenters. The average molecular weight is 378 g/mol. The van der Waals surface area contributed by atoms with Gasteiger partial charge in [-0.2, -0.15) is 0 Å². The number of anilines is 1. The van der Waals surface area contributed by atoms with Crippen molar-refractivity contribution in [3.05, 3.63) is 76.2 Å². The van der Waals surface area contributed by atoms with Crippen molar-refractivity contribution in [3.63, 3.8) is 0 Å². The van der Waals surface area contributed by atoms with Gasteiger partial charge in [-0.3, -0.25) is 4.79 Å². The molecule has 0 bridgehead atoms. The molecule has 1 heterocycles. The van der Waals surface area contributed by atoms with E-state index in [1.807, 2.05) is 43.3 Å². The third-order valence-electron chi connectivity index (χ3n) is 4.99. The van der Waals surface area contributed by atoms with E-state index in [-0.39, 0.29) is 5.91 Å². The Kier molecular flexibility index (Phi) is 4.90. The van der Waals surface area contributed by atoms with Crippen molar-refractivity contribution >= 4 is 23.2 Å². The van der Waals surface area contributed by atoms with Gasteiger partial charge in [-0.15, -0.1) is 0 Å². The summed E-state index contributed by atoms with van der Waals surface area (Å²) in [5.74, 6) is -0.154. The van der Waals surface area contributed by atoms with E-state index in [1.165, 1.54) is 5.56 Å². The van der Waals surface area contributed by atoms with Crippen LogP contribution in [0.4, 0.5) is 5.69 Å². The zero-order valence-corrected chi connectivity index (χ0v) is 15.9. The van der Waals surface area contributed by atoms with Gasteiger partial charge in [-0.05, 0) is 62.4 Å². The summed E-state index contributed by atoms with van der Waals surface area (Å²) in [5, 5.41) is 3.65. The second-order valence-electron chi connectivity index (χ2n) is 6.81. The fourth-order valence-electron chi connectivity index (χ4n) is 3.60. The number of carbonyl (C=O) groups is 1. The Morgan fingerprint density at radius 3 is 2.74 bits per heavy atom. The molecule has 5 heteroatoms. The van der Waals surface area contributed by atoms with Crippen LogP contribution in [0.5, 0.6) is 0 Å². The van der Waals surface area contributed by atoms with Crippen LogP contribution in [0.1, 0.15) is 40.0 Å². The molecule has 0 radical (unpaired) electrons. The zero-order chi connectivity index (χ0) is 18.8. The maximum Gasteiger partial charge on any atom is 0.256 e. The lowest BCUT2D eigenvalue weighted by atomic mass is 9.91. The van der Waals surface area contributed by atoms with Gasteiger partial charge in [-0.1, -0.05) is 29.8 Å². The lowest BCUT2D eigenvalue weighted by Crippen LogP contribution is -2.15. The summed E-state index contributed by atoms with van der Waals surface area (Å²) in [4.78, 5) is 22.0. The summed E-state index contributed by atoms with van der Waals surface area (Å²) >= 11 is 6.02. The van der Waals surface area contributed by atoms with E-state index >= 15 is 0 Å². The summed E-state index contributed by atoms with van der Waals surface area (Å²) < 4.78 is 0. The van der Waals surface area contributed by atoms with Crippen LogP contribution in [-0.4, -0.2) is 15.9 Å². The van der Waals surface area contributed by atoms with Crippen molar-refractivity contribution in [1.82, 2.24) is 9.97 Å². The molecule has 0 unspecified atom stereocenters. The monoisotopic (exact) mass is 377 g/mol. The molecule has 3 aromatic rings. The Hall–Kier alpha value is -2.72. The highest BCUT2D eigenvalue weighted by Crippen LogP contribution is 2.31. The van der Waals surface area contributed by atoms with Crippen LogP contribution >= 0.6 is 11.6 Å². The maximum atomic E-state index is 13.0. The molecular weight excluding hydrogens is 358 g/mol. The number of nitrogens with one attached hydrogen (secondary N) is 1. The van der Waals surface area contributed by atoms with Crippen LogP contribution < -0.4 is 5.32 Å². The molecule has 4 nitrogen and oxygen atoms in total. The maximum absolute atomic E-state index is 13.0. The lowest BCUT2D eigenvalue weighted by Gasteiger charge is -2.19. The van der Waals surface area contributed by atoms with Gasteiger partial charge in [0.1, 0.15) is 6.33 Å². The molecule has 0 spiro atoms. The minimum atomic E-state index is -0.154. The first-order chi connectivity index (χ1) is 13.1. The molecule has 0 saturated heterocycles. The molecule has 0 fully saturated rings. The van der Waals surface area contributed by atoms with Gasteiger partial charge in [0.25, 0.3) is 5.91 Å². The van der Waals surface area contributed by atoms with E-state index in [9.17, 15) is 4.79 Å². The summed E-state index contributed by atoms with van der Waals surface area (Å²) in [6.07, 6.45) is 5.82. The molecule has 2 aromatic carbocycles. The van der Waals surface area contributed by atoms with Gasteiger partial charge in [0.2, 0.25) is 0 Å². The smallest absolute Gasteiger partial charge is 0.256 e. The molecule has 0 aliphatic heterocycles. The topological polar surface area (TPSA) is 54.9 Å². The zero-order valence-electron chi connectivity index (χ0n) is 15.1. The Labute approximate surface area is 163 Å². The molecule has 1 aliphatic carbocycles. The van der Waals surface area contributed by atoms with E-state index in [0.29, 0.717) is 10.6 Å². The van der Waals surface area contributed by atoms with Crippen LogP contribution in [0.3, 0.4) is 0 Å². The molecular formula is C22H20ClN3O. The highest BCUT2D eigenvalue weighted by atomic mass is 35.5. The standard InChI is InChI=1S/C22H20ClN3O/c1-14-12-15(23)10-11-19(14)26-22(27)17-7-3-2-6-16(17)21-18-8-4-5-9-20(18)24-13-25-21/h2-3,6-7,10-13H,4-5,8-9H2,1H3,(H,26,27). The third-order valence-corrected chi connectivity index (χ3v) is 5.22. The van der Waals surface area contributed by atoms with Crippen LogP contribution in [-0.2, 0) is 12.8 Å². The SMILES string of the molecule is Cc1cc(Cl)ccc1NC(=O)c1ccccc1-c1ncnc2c1CCCC2. The van der Waals surface area contributed by atoms with Crippen molar-refractivity contribution in [1.29, 1.82) is 0 Å². The Balaban J connectivity index is 1.73. The number of benzene rings is 2. The number of hydrogen-bond acceptors (Lipinski definition) is 3. The van der Waals surface area contributed by atoms with E-state index in [4.69, 9.17) is 11.6 Å². The molecule has 4 rings (SSSR count). The first kappa shape index (κ1) is 17.7. The summed E-state index contributed by atoms with van der Waals surface area (Å²) in [6.45, 7) is 1.92. The first-order valence-corrected chi connectivity index (χ1v) is 9.51. The Morgan fingerprint density at radius 1 is 1.07 bits per heavy atom. The number of carbonyl (C=O) groups excluding carboxylic acids is 1.